The number of rotatable bonds is 5. The molecule has 0 atom stereocenters. The van der Waals surface area contributed by atoms with Crippen LogP contribution in [0.4, 0.5) is 17.1 Å². The van der Waals surface area contributed by atoms with Gasteiger partial charge in [0.2, 0.25) is 0 Å². The van der Waals surface area contributed by atoms with Crippen molar-refractivity contribution in [2.24, 2.45) is 0 Å². The summed E-state index contributed by atoms with van der Waals surface area (Å²) in [5.41, 5.74) is 5.59. The zero-order valence-corrected chi connectivity index (χ0v) is 19.1. The summed E-state index contributed by atoms with van der Waals surface area (Å²) in [6.07, 6.45) is 0. The predicted octanol–water partition coefficient (Wildman–Crippen LogP) is 7.30. The highest BCUT2D eigenvalue weighted by molar-refractivity contribution is 5.81. The zero-order chi connectivity index (χ0) is 23.7. The summed E-state index contributed by atoms with van der Waals surface area (Å²) in [7, 11) is 0. The summed E-state index contributed by atoms with van der Waals surface area (Å²) in [4.78, 5) is 2.02. The summed E-state index contributed by atoms with van der Waals surface area (Å²) < 4.78 is 6.36. The molecule has 0 unspecified atom stereocenters. The van der Waals surface area contributed by atoms with Crippen molar-refractivity contribution < 1.29 is 20.1 Å². The molecule has 0 spiro atoms. The third kappa shape index (κ3) is 4.30. The summed E-state index contributed by atoms with van der Waals surface area (Å²) in [5, 5.41) is 30.2. The van der Waals surface area contributed by atoms with E-state index in [0.29, 0.717) is 11.5 Å². The number of anilines is 3. The number of para-hydroxylation sites is 2. The molecule has 0 fully saturated rings. The monoisotopic (exact) mass is 441 g/mol. The number of ether oxygens (including phenoxy) is 1. The van der Waals surface area contributed by atoms with Crippen molar-refractivity contribution in [2.45, 2.75) is 27.7 Å². The second-order valence-corrected chi connectivity index (χ2v) is 8.18. The Morgan fingerprint density at radius 1 is 0.576 bits per heavy atom. The van der Waals surface area contributed by atoms with Crippen LogP contribution in [0, 0.1) is 27.7 Å². The van der Waals surface area contributed by atoms with E-state index in [2.05, 4.69) is 0 Å². The van der Waals surface area contributed by atoms with Crippen LogP contribution in [-0.2, 0) is 0 Å². The molecule has 0 amide bonds. The molecule has 0 saturated carbocycles. The van der Waals surface area contributed by atoms with E-state index in [1.807, 2.05) is 81.1 Å². The first-order valence-electron chi connectivity index (χ1n) is 10.7. The lowest BCUT2D eigenvalue weighted by atomic mass is 10.1. The highest BCUT2D eigenvalue weighted by Crippen LogP contribution is 2.44. The van der Waals surface area contributed by atoms with Crippen LogP contribution in [0.2, 0.25) is 0 Å². The van der Waals surface area contributed by atoms with Crippen LogP contribution in [0.1, 0.15) is 22.3 Å². The molecule has 0 aliphatic heterocycles. The SMILES string of the molecule is Cc1cc(N(c2ccc(O)c(C)c2)c2ccccc2Oc2ccc(O)c(C)c2C)ccc1O. The standard InChI is InChI=1S/C28H27NO4/c1-17-15-21(9-11-24(17)30)29(22-10-12-25(31)18(2)16-22)23-7-5-6-8-28(23)33-27-14-13-26(32)19(3)20(27)4/h5-16,30-32H,1-4H3. The number of nitrogens with zero attached hydrogens (tertiary/aromatic N) is 1. The minimum Gasteiger partial charge on any atom is -0.508 e. The van der Waals surface area contributed by atoms with E-state index in [0.717, 1.165) is 39.3 Å². The van der Waals surface area contributed by atoms with E-state index in [9.17, 15) is 15.3 Å². The fraction of sp³-hybridized carbons (Fsp3) is 0.143. The van der Waals surface area contributed by atoms with Crippen molar-refractivity contribution in [2.75, 3.05) is 4.90 Å². The zero-order valence-electron chi connectivity index (χ0n) is 19.1. The van der Waals surface area contributed by atoms with Gasteiger partial charge in [-0.2, -0.15) is 0 Å². The van der Waals surface area contributed by atoms with Gasteiger partial charge in [-0.1, -0.05) is 12.1 Å². The first-order valence-corrected chi connectivity index (χ1v) is 10.7. The number of aromatic hydroxyl groups is 3. The molecule has 0 radical (unpaired) electrons. The molecule has 0 saturated heterocycles. The van der Waals surface area contributed by atoms with Crippen LogP contribution in [0.15, 0.2) is 72.8 Å². The maximum Gasteiger partial charge on any atom is 0.151 e. The van der Waals surface area contributed by atoms with Crippen LogP contribution in [-0.4, -0.2) is 15.3 Å². The molecule has 4 aromatic rings. The van der Waals surface area contributed by atoms with E-state index < -0.39 is 0 Å². The van der Waals surface area contributed by atoms with Crippen molar-refractivity contribution in [3.05, 3.63) is 95.1 Å². The summed E-state index contributed by atoms with van der Waals surface area (Å²) in [6, 6.07) is 21.9. The van der Waals surface area contributed by atoms with Gasteiger partial charge < -0.3 is 25.0 Å². The van der Waals surface area contributed by atoms with E-state index in [1.165, 1.54) is 0 Å². The molecule has 3 N–H and O–H groups in total. The fourth-order valence-corrected chi connectivity index (χ4v) is 3.72. The predicted molar refractivity (Wildman–Crippen MR) is 132 cm³/mol. The third-order valence-corrected chi connectivity index (χ3v) is 5.91. The summed E-state index contributed by atoms with van der Waals surface area (Å²) in [6.45, 7) is 7.47. The molecule has 5 heteroatoms. The summed E-state index contributed by atoms with van der Waals surface area (Å²) >= 11 is 0. The van der Waals surface area contributed by atoms with Gasteiger partial charge in [0, 0.05) is 11.4 Å². The number of aryl methyl sites for hydroxylation is 2. The van der Waals surface area contributed by atoms with Crippen LogP contribution in [0.5, 0.6) is 28.7 Å². The highest BCUT2D eigenvalue weighted by Gasteiger charge is 2.19. The molecular weight excluding hydrogens is 414 g/mol. The Kier molecular flexibility index (Phi) is 5.88. The maximum atomic E-state index is 10.1. The van der Waals surface area contributed by atoms with Crippen molar-refractivity contribution >= 4 is 17.1 Å². The second-order valence-electron chi connectivity index (χ2n) is 8.18. The average molecular weight is 442 g/mol. The Labute approximate surface area is 193 Å². The van der Waals surface area contributed by atoms with Gasteiger partial charge >= 0.3 is 0 Å². The lowest BCUT2D eigenvalue weighted by Gasteiger charge is -2.28. The largest absolute Gasteiger partial charge is 0.508 e. The Hall–Kier alpha value is -4.12. The van der Waals surface area contributed by atoms with Gasteiger partial charge in [-0.15, -0.1) is 0 Å². The number of phenolic OH excluding ortho intramolecular Hbond substituents is 3. The molecule has 0 heterocycles. The van der Waals surface area contributed by atoms with Gasteiger partial charge in [0.05, 0.1) is 5.69 Å². The van der Waals surface area contributed by atoms with Crippen LogP contribution in [0.3, 0.4) is 0 Å². The Morgan fingerprint density at radius 2 is 1.12 bits per heavy atom. The number of phenols is 3. The Balaban J connectivity index is 1.89. The normalized spacial score (nSPS) is 10.8. The Bertz CT molecular complexity index is 1280. The summed E-state index contributed by atoms with van der Waals surface area (Å²) in [5.74, 6) is 1.96. The molecule has 0 aromatic heterocycles. The first kappa shape index (κ1) is 22.1. The van der Waals surface area contributed by atoms with Gasteiger partial charge in [-0.05, 0) is 111 Å². The van der Waals surface area contributed by atoms with Gasteiger partial charge in [0.25, 0.3) is 0 Å². The van der Waals surface area contributed by atoms with Gasteiger partial charge in [0.1, 0.15) is 23.0 Å². The molecule has 33 heavy (non-hydrogen) atoms. The van der Waals surface area contributed by atoms with Crippen LogP contribution < -0.4 is 9.64 Å². The molecule has 0 bridgehead atoms. The van der Waals surface area contributed by atoms with Crippen LogP contribution >= 0.6 is 0 Å². The molecule has 5 nitrogen and oxygen atoms in total. The topological polar surface area (TPSA) is 73.2 Å². The van der Waals surface area contributed by atoms with Gasteiger partial charge in [-0.3, -0.25) is 0 Å². The molecular formula is C28H27NO4. The second kappa shape index (κ2) is 8.79. The minimum absolute atomic E-state index is 0.223. The minimum atomic E-state index is 0.223. The highest BCUT2D eigenvalue weighted by atomic mass is 16.5. The van der Waals surface area contributed by atoms with Crippen molar-refractivity contribution in [3.8, 4) is 28.7 Å². The van der Waals surface area contributed by atoms with Crippen molar-refractivity contribution in [1.29, 1.82) is 0 Å². The van der Waals surface area contributed by atoms with E-state index in [-0.39, 0.29) is 17.2 Å². The molecule has 4 rings (SSSR count). The van der Waals surface area contributed by atoms with Crippen LogP contribution in [0.25, 0.3) is 0 Å². The number of hydrogen-bond donors (Lipinski definition) is 3. The van der Waals surface area contributed by atoms with Crippen molar-refractivity contribution in [1.82, 2.24) is 0 Å². The van der Waals surface area contributed by atoms with E-state index in [1.54, 1.807) is 24.3 Å². The first-order chi connectivity index (χ1) is 15.8. The number of hydrogen-bond acceptors (Lipinski definition) is 5. The molecule has 0 aliphatic carbocycles. The molecule has 168 valence electrons. The smallest absolute Gasteiger partial charge is 0.151 e. The fourth-order valence-electron chi connectivity index (χ4n) is 3.72. The Morgan fingerprint density at radius 3 is 1.70 bits per heavy atom. The third-order valence-electron chi connectivity index (χ3n) is 5.91. The average Bonchev–Trinajstić information content (AvgIpc) is 2.80. The maximum absolute atomic E-state index is 10.1. The molecule has 4 aromatic carbocycles. The van der Waals surface area contributed by atoms with Crippen molar-refractivity contribution in [3.63, 3.8) is 0 Å². The lowest BCUT2D eigenvalue weighted by molar-refractivity contribution is 0.458. The lowest BCUT2D eigenvalue weighted by Crippen LogP contribution is -2.11. The van der Waals surface area contributed by atoms with Gasteiger partial charge in [-0.25, -0.2) is 0 Å². The van der Waals surface area contributed by atoms with E-state index in [4.69, 9.17) is 4.74 Å². The van der Waals surface area contributed by atoms with Gasteiger partial charge in [0.15, 0.2) is 5.75 Å². The van der Waals surface area contributed by atoms with E-state index >= 15 is 0 Å². The number of benzene rings is 4. The quantitative estimate of drug-likeness (QED) is 0.303. The molecule has 0 aliphatic rings.